The maximum Gasteiger partial charge on any atom is 0.155 e. The Hall–Kier alpha value is -0.670. The van der Waals surface area contributed by atoms with Crippen molar-refractivity contribution in [2.24, 2.45) is 5.73 Å². The molecule has 0 aromatic rings. The number of aliphatic hydroxyl groups excluding tert-OH is 1. The van der Waals surface area contributed by atoms with Crippen molar-refractivity contribution in [1.82, 2.24) is 0 Å². The van der Waals surface area contributed by atoms with Crippen molar-refractivity contribution in [3.63, 3.8) is 0 Å². The summed E-state index contributed by atoms with van der Waals surface area (Å²) in [6.45, 7) is 3.64. The van der Waals surface area contributed by atoms with Gasteiger partial charge in [-0.1, -0.05) is 6.08 Å². The molecule has 3 heteroatoms. The van der Waals surface area contributed by atoms with Gasteiger partial charge in [-0.2, -0.15) is 0 Å². The Morgan fingerprint density at radius 2 is 2.14 bits per heavy atom. The second-order valence-corrected chi connectivity index (χ2v) is 3.82. The summed E-state index contributed by atoms with van der Waals surface area (Å²) in [6, 6.07) is 0.171. The molecule has 0 heterocycles. The van der Waals surface area contributed by atoms with E-state index in [-0.39, 0.29) is 17.9 Å². The Morgan fingerprint density at radius 3 is 2.64 bits per heavy atom. The van der Waals surface area contributed by atoms with E-state index >= 15 is 0 Å². The van der Waals surface area contributed by atoms with Gasteiger partial charge < -0.3 is 10.8 Å². The molecule has 3 N–H and O–H groups in total. The van der Waals surface area contributed by atoms with Crippen LogP contribution < -0.4 is 5.73 Å². The molecule has 0 bridgehead atoms. The van der Waals surface area contributed by atoms with Crippen molar-refractivity contribution < 1.29 is 9.90 Å². The third kappa shape index (κ3) is 9.42. The zero-order chi connectivity index (χ0) is 11.0. The van der Waals surface area contributed by atoms with Gasteiger partial charge >= 0.3 is 0 Å². The summed E-state index contributed by atoms with van der Waals surface area (Å²) in [7, 11) is 0. The second-order valence-electron chi connectivity index (χ2n) is 3.82. The molecule has 0 radical (unpaired) electrons. The fraction of sp³-hybridized carbons (Fsp3) is 0.727. The predicted molar refractivity (Wildman–Crippen MR) is 57.9 cm³/mol. The number of hydrogen-bond donors (Lipinski definition) is 2. The summed E-state index contributed by atoms with van der Waals surface area (Å²) < 4.78 is 0. The van der Waals surface area contributed by atoms with Gasteiger partial charge in [-0.3, -0.25) is 4.79 Å². The molecule has 3 nitrogen and oxygen atoms in total. The molecule has 0 aromatic heterocycles. The minimum Gasteiger partial charge on any atom is -0.393 e. The summed E-state index contributed by atoms with van der Waals surface area (Å²) in [5.74, 6) is 0.117. The van der Waals surface area contributed by atoms with Crippen molar-refractivity contribution in [2.45, 2.75) is 51.7 Å². The molecule has 0 aromatic carbocycles. The van der Waals surface area contributed by atoms with Crippen LogP contribution in [-0.2, 0) is 4.79 Å². The van der Waals surface area contributed by atoms with Crippen molar-refractivity contribution in [2.75, 3.05) is 0 Å². The molecule has 82 valence electrons. The molecule has 0 aliphatic heterocycles. The molecule has 0 amide bonds. The highest BCUT2D eigenvalue weighted by Crippen LogP contribution is 2.01. The van der Waals surface area contributed by atoms with Crippen molar-refractivity contribution in [3.05, 3.63) is 12.2 Å². The first-order valence-corrected chi connectivity index (χ1v) is 5.15. The minimum atomic E-state index is -0.372. The van der Waals surface area contributed by atoms with Gasteiger partial charge in [0, 0.05) is 12.5 Å². The van der Waals surface area contributed by atoms with E-state index in [4.69, 9.17) is 10.8 Å². The van der Waals surface area contributed by atoms with Crippen molar-refractivity contribution in [3.8, 4) is 0 Å². The Balaban J connectivity index is 3.50. The van der Waals surface area contributed by atoms with Crippen LogP contribution in [0.1, 0.15) is 39.5 Å². The summed E-state index contributed by atoms with van der Waals surface area (Å²) in [4.78, 5) is 11.2. The molecule has 0 fully saturated rings. The van der Waals surface area contributed by atoms with Crippen LogP contribution >= 0.6 is 0 Å². The van der Waals surface area contributed by atoms with E-state index in [0.29, 0.717) is 12.8 Å². The highest BCUT2D eigenvalue weighted by molar-refractivity contribution is 5.89. The number of hydrogen-bond acceptors (Lipinski definition) is 3. The molecule has 0 aliphatic carbocycles. The number of aliphatic hydroxyl groups is 1. The van der Waals surface area contributed by atoms with Crippen molar-refractivity contribution >= 4 is 5.78 Å². The third-order valence-corrected chi connectivity index (χ3v) is 1.86. The largest absolute Gasteiger partial charge is 0.393 e. The number of allylic oxidation sites excluding steroid dienone is 1. The average Bonchev–Trinajstić information content (AvgIpc) is 2.02. The fourth-order valence-electron chi connectivity index (χ4n) is 1.08. The maximum absolute atomic E-state index is 11.2. The van der Waals surface area contributed by atoms with Crippen LogP contribution in [0.3, 0.4) is 0 Å². The summed E-state index contributed by atoms with van der Waals surface area (Å²) in [5, 5.41) is 8.94. The molecule has 2 atom stereocenters. The number of nitrogens with two attached hydrogens (primary N) is 1. The first-order valence-electron chi connectivity index (χ1n) is 5.15. The first kappa shape index (κ1) is 13.3. The lowest BCUT2D eigenvalue weighted by Gasteiger charge is -2.02. The number of rotatable bonds is 7. The number of ketones is 1. The smallest absolute Gasteiger partial charge is 0.155 e. The Morgan fingerprint density at radius 1 is 1.50 bits per heavy atom. The highest BCUT2D eigenvalue weighted by atomic mass is 16.3. The predicted octanol–water partition coefficient (Wildman–Crippen LogP) is 1.40. The van der Waals surface area contributed by atoms with Gasteiger partial charge in [0.1, 0.15) is 0 Å². The lowest BCUT2D eigenvalue weighted by Crippen LogP contribution is -2.14. The highest BCUT2D eigenvalue weighted by Gasteiger charge is 1.99. The van der Waals surface area contributed by atoms with E-state index in [9.17, 15) is 4.79 Å². The van der Waals surface area contributed by atoms with E-state index in [0.717, 1.165) is 12.8 Å². The van der Waals surface area contributed by atoms with Gasteiger partial charge in [0.25, 0.3) is 0 Å². The van der Waals surface area contributed by atoms with Gasteiger partial charge in [-0.15, -0.1) is 0 Å². The molecule has 14 heavy (non-hydrogen) atoms. The summed E-state index contributed by atoms with van der Waals surface area (Å²) >= 11 is 0. The van der Waals surface area contributed by atoms with Gasteiger partial charge in [0.05, 0.1) is 6.10 Å². The number of carbonyl (C=O) groups excluding carboxylic acids is 1. The second kappa shape index (κ2) is 7.71. The molecule has 0 spiro atoms. The maximum atomic E-state index is 11.2. The van der Waals surface area contributed by atoms with Crippen molar-refractivity contribution in [1.29, 1.82) is 0 Å². The van der Waals surface area contributed by atoms with Gasteiger partial charge in [0.2, 0.25) is 0 Å². The SMILES string of the molecule is CC(N)CCCC(=O)/C=C\CC(C)O. The van der Waals surface area contributed by atoms with E-state index in [1.54, 1.807) is 19.1 Å². The quantitative estimate of drug-likeness (QED) is 0.609. The topological polar surface area (TPSA) is 63.3 Å². The van der Waals surface area contributed by atoms with Gasteiger partial charge in [-0.25, -0.2) is 0 Å². The zero-order valence-electron chi connectivity index (χ0n) is 9.07. The number of carbonyl (C=O) groups is 1. The third-order valence-electron chi connectivity index (χ3n) is 1.86. The summed E-state index contributed by atoms with van der Waals surface area (Å²) in [6.07, 6.45) is 5.72. The van der Waals surface area contributed by atoms with Gasteiger partial charge in [0.15, 0.2) is 5.78 Å². The molecular formula is C11H21NO2. The lowest BCUT2D eigenvalue weighted by molar-refractivity contribution is -0.114. The van der Waals surface area contributed by atoms with Crippen LogP contribution in [0.15, 0.2) is 12.2 Å². The molecule has 0 aliphatic rings. The van der Waals surface area contributed by atoms with E-state index in [2.05, 4.69) is 0 Å². The molecule has 0 rings (SSSR count). The zero-order valence-corrected chi connectivity index (χ0v) is 9.07. The lowest BCUT2D eigenvalue weighted by atomic mass is 10.1. The van der Waals surface area contributed by atoms with E-state index in [1.165, 1.54) is 0 Å². The Kier molecular flexibility index (Phi) is 7.34. The van der Waals surface area contributed by atoms with Crippen LogP contribution in [0.5, 0.6) is 0 Å². The monoisotopic (exact) mass is 199 g/mol. The Bertz CT molecular complexity index is 186. The van der Waals surface area contributed by atoms with E-state index < -0.39 is 0 Å². The fourth-order valence-corrected chi connectivity index (χ4v) is 1.08. The minimum absolute atomic E-state index is 0.117. The molecular weight excluding hydrogens is 178 g/mol. The van der Waals surface area contributed by atoms with Crippen LogP contribution in [0.25, 0.3) is 0 Å². The standard InChI is InChI=1S/C11H21NO2/c1-9(12)5-3-7-11(14)8-4-6-10(2)13/h4,8-10,13H,3,5-7,12H2,1-2H3/b8-4-. The average molecular weight is 199 g/mol. The van der Waals surface area contributed by atoms with E-state index in [1.807, 2.05) is 6.92 Å². The van der Waals surface area contributed by atoms with Crippen LogP contribution in [0, 0.1) is 0 Å². The van der Waals surface area contributed by atoms with Crippen LogP contribution in [-0.4, -0.2) is 23.0 Å². The van der Waals surface area contributed by atoms with Gasteiger partial charge in [-0.05, 0) is 39.2 Å². The first-order chi connectivity index (χ1) is 6.52. The molecule has 2 unspecified atom stereocenters. The van der Waals surface area contributed by atoms with Crippen LogP contribution in [0.2, 0.25) is 0 Å². The Labute approximate surface area is 86.0 Å². The normalized spacial score (nSPS) is 15.7. The van der Waals surface area contributed by atoms with Crippen LogP contribution in [0.4, 0.5) is 0 Å². The molecule has 0 saturated carbocycles. The molecule has 0 saturated heterocycles. The summed E-state index contributed by atoms with van der Waals surface area (Å²) in [5.41, 5.74) is 5.56.